The number of nitrogens with zero attached hydrogens (tertiary/aromatic N) is 5. The average Bonchev–Trinajstić information content (AvgIpc) is 2.85. The molecule has 0 bridgehead atoms. The van der Waals surface area contributed by atoms with Crippen LogP contribution in [0.15, 0.2) is 22.9 Å². The molecule has 1 fully saturated rings. The molecule has 6 nitrogen and oxygen atoms in total. The van der Waals surface area contributed by atoms with Gasteiger partial charge in [-0.3, -0.25) is 14.2 Å². The first-order valence-electron chi connectivity index (χ1n) is 6.04. The third-order valence-electron chi connectivity index (χ3n) is 3.43. The van der Waals surface area contributed by atoms with Crippen LogP contribution in [-0.4, -0.2) is 43.5 Å². The third kappa shape index (κ3) is 2.18. The van der Waals surface area contributed by atoms with Crippen molar-refractivity contribution in [3.05, 3.63) is 34.3 Å². The molecule has 1 aliphatic rings. The van der Waals surface area contributed by atoms with Crippen LogP contribution in [0, 0.1) is 6.92 Å². The van der Waals surface area contributed by atoms with E-state index < -0.39 is 0 Å². The Morgan fingerprint density at radius 2 is 2.21 bits per heavy atom. The molecule has 2 aromatic heterocycles. The number of rotatable bonds is 2. The molecule has 0 N–H and O–H groups in total. The van der Waals surface area contributed by atoms with Gasteiger partial charge < -0.3 is 4.90 Å². The van der Waals surface area contributed by atoms with E-state index in [1.807, 2.05) is 30.9 Å². The number of likely N-dealkylation sites (tertiary alicyclic amines) is 1. The van der Waals surface area contributed by atoms with Crippen molar-refractivity contribution in [2.75, 3.05) is 13.1 Å². The van der Waals surface area contributed by atoms with Crippen molar-refractivity contribution < 1.29 is 4.79 Å². The number of hydrogen-bond donors (Lipinski definition) is 0. The molecule has 0 unspecified atom stereocenters. The molecule has 1 aliphatic heterocycles. The highest BCUT2D eigenvalue weighted by Crippen LogP contribution is 2.23. The molecule has 0 saturated carbocycles. The molecule has 2 aromatic rings. The molecule has 100 valence electrons. The van der Waals surface area contributed by atoms with E-state index >= 15 is 0 Å². The zero-order valence-electron chi connectivity index (χ0n) is 10.7. The average molecular weight is 324 g/mol. The van der Waals surface area contributed by atoms with E-state index in [-0.39, 0.29) is 11.9 Å². The predicted octanol–water partition coefficient (Wildman–Crippen LogP) is 1.38. The normalized spacial score (nSPS) is 15.6. The summed E-state index contributed by atoms with van der Waals surface area (Å²) in [7, 11) is 1.84. The Hall–Kier alpha value is -1.63. The van der Waals surface area contributed by atoms with Crippen molar-refractivity contribution in [3.8, 4) is 0 Å². The van der Waals surface area contributed by atoms with Crippen LogP contribution >= 0.6 is 15.9 Å². The van der Waals surface area contributed by atoms with Crippen LogP contribution in [0.1, 0.15) is 22.2 Å². The van der Waals surface area contributed by atoms with Crippen molar-refractivity contribution in [1.29, 1.82) is 0 Å². The van der Waals surface area contributed by atoms with Gasteiger partial charge in [0.25, 0.3) is 5.91 Å². The first-order valence-corrected chi connectivity index (χ1v) is 6.83. The number of aromatic nitrogens is 4. The number of amides is 1. The number of carbonyl (C=O) groups is 1. The molecule has 0 atom stereocenters. The molecule has 1 amide bonds. The van der Waals surface area contributed by atoms with Crippen LogP contribution in [0.2, 0.25) is 0 Å². The SMILES string of the molecule is Cc1cc(C(=O)N2CC(n3cc(Br)cn3)C2)nn1C. The van der Waals surface area contributed by atoms with E-state index in [4.69, 9.17) is 0 Å². The summed E-state index contributed by atoms with van der Waals surface area (Å²) in [5, 5.41) is 8.45. The van der Waals surface area contributed by atoms with Gasteiger partial charge in [0, 0.05) is 32.0 Å². The Kier molecular flexibility index (Phi) is 2.93. The van der Waals surface area contributed by atoms with Crippen molar-refractivity contribution >= 4 is 21.8 Å². The molecule has 1 saturated heterocycles. The Bertz CT molecular complexity index is 606. The molecular weight excluding hydrogens is 310 g/mol. The molecule has 7 heteroatoms. The fourth-order valence-corrected chi connectivity index (χ4v) is 2.43. The first kappa shape index (κ1) is 12.4. The predicted molar refractivity (Wildman–Crippen MR) is 72.8 cm³/mol. The third-order valence-corrected chi connectivity index (χ3v) is 3.84. The van der Waals surface area contributed by atoms with Crippen LogP contribution in [-0.2, 0) is 7.05 Å². The zero-order chi connectivity index (χ0) is 13.6. The maximum atomic E-state index is 12.2. The van der Waals surface area contributed by atoms with Gasteiger partial charge in [-0.25, -0.2) is 0 Å². The highest BCUT2D eigenvalue weighted by Gasteiger charge is 2.33. The Morgan fingerprint density at radius 3 is 2.74 bits per heavy atom. The fraction of sp³-hybridized carbons (Fsp3) is 0.417. The minimum Gasteiger partial charge on any atom is -0.333 e. The van der Waals surface area contributed by atoms with Gasteiger partial charge in [0.2, 0.25) is 0 Å². The molecule has 19 heavy (non-hydrogen) atoms. The van der Waals surface area contributed by atoms with Crippen molar-refractivity contribution in [2.24, 2.45) is 7.05 Å². The van der Waals surface area contributed by atoms with Gasteiger partial charge in [-0.05, 0) is 28.9 Å². The van der Waals surface area contributed by atoms with Crippen LogP contribution in [0.4, 0.5) is 0 Å². The smallest absolute Gasteiger partial charge is 0.274 e. The van der Waals surface area contributed by atoms with Crippen LogP contribution < -0.4 is 0 Å². The van der Waals surface area contributed by atoms with Gasteiger partial charge in [0.1, 0.15) is 0 Å². The second-order valence-electron chi connectivity index (χ2n) is 4.80. The van der Waals surface area contributed by atoms with Gasteiger partial charge in [-0.15, -0.1) is 0 Å². The number of carbonyl (C=O) groups excluding carboxylic acids is 1. The Labute approximate surface area is 119 Å². The molecule has 0 spiro atoms. The second-order valence-corrected chi connectivity index (χ2v) is 5.71. The lowest BCUT2D eigenvalue weighted by Gasteiger charge is -2.38. The van der Waals surface area contributed by atoms with Crippen LogP contribution in [0.5, 0.6) is 0 Å². The van der Waals surface area contributed by atoms with Gasteiger partial charge >= 0.3 is 0 Å². The lowest BCUT2D eigenvalue weighted by molar-refractivity contribution is 0.0494. The van der Waals surface area contributed by atoms with E-state index in [1.165, 1.54) is 0 Å². The summed E-state index contributed by atoms with van der Waals surface area (Å²) in [6.07, 6.45) is 3.68. The summed E-state index contributed by atoms with van der Waals surface area (Å²) in [5.74, 6) is -0.00817. The Morgan fingerprint density at radius 1 is 1.47 bits per heavy atom. The lowest BCUT2D eigenvalue weighted by atomic mass is 10.1. The van der Waals surface area contributed by atoms with Crippen LogP contribution in [0.3, 0.4) is 0 Å². The summed E-state index contributed by atoms with van der Waals surface area (Å²) in [5.41, 5.74) is 1.50. The second kappa shape index (κ2) is 4.48. The number of hydrogen-bond acceptors (Lipinski definition) is 3. The van der Waals surface area contributed by atoms with Crippen molar-refractivity contribution in [3.63, 3.8) is 0 Å². The maximum Gasteiger partial charge on any atom is 0.274 e. The minimum absolute atomic E-state index is 0.00817. The highest BCUT2D eigenvalue weighted by molar-refractivity contribution is 9.10. The lowest BCUT2D eigenvalue weighted by Crippen LogP contribution is -2.51. The molecule has 3 heterocycles. The first-order chi connectivity index (χ1) is 9.04. The summed E-state index contributed by atoms with van der Waals surface area (Å²) in [4.78, 5) is 14.0. The monoisotopic (exact) mass is 323 g/mol. The molecule has 3 rings (SSSR count). The quantitative estimate of drug-likeness (QED) is 0.839. The van der Waals surface area contributed by atoms with E-state index in [1.54, 1.807) is 15.8 Å². The van der Waals surface area contributed by atoms with E-state index in [2.05, 4.69) is 26.1 Å². The van der Waals surface area contributed by atoms with Crippen molar-refractivity contribution in [2.45, 2.75) is 13.0 Å². The van der Waals surface area contributed by atoms with Crippen LogP contribution in [0.25, 0.3) is 0 Å². The van der Waals surface area contributed by atoms with E-state index in [9.17, 15) is 4.79 Å². The van der Waals surface area contributed by atoms with Crippen molar-refractivity contribution in [1.82, 2.24) is 24.5 Å². The fourth-order valence-electron chi connectivity index (χ4n) is 2.13. The van der Waals surface area contributed by atoms with E-state index in [0.29, 0.717) is 18.8 Å². The Balaban J connectivity index is 1.65. The number of aryl methyl sites for hydroxylation is 2. The number of halogens is 1. The molecule has 0 aliphatic carbocycles. The topological polar surface area (TPSA) is 56.0 Å². The minimum atomic E-state index is -0.00817. The summed E-state index contributed by atoms with van der Waals surface area (Å²) >= 11 is 3.37. The standard InChI is InChI=1S/C12H14BrN5O/c1-8-3-11(15-16(8)2)12(19)17-6-10(7-17)18-5-9(13)4-14-18/h3-5,10H,6-7H2,1-2H3. The molecular formula is C12H14BrN5O. The summed E-state index contributed by atoms with van der Waals surface area (Å²) in [6, 6.07) is 2.08. The summed E-state index contributed by atoms with van der Waals surface area (Å²) < 4.78 is 4.56. The maximum absolute atomic E-state index is 12.2. The zero-order valence-corrected chi connectivity index (χ0v) is 12.3. The highest BCUT2D eigenvalue weighted by atomic mass is 79.9. The molecule has 0 radical (unpaired) electrons. The summed E-state index contributed by atoms with van der Waals surface area (Å²) in [6.45, 7) is 3.30. The van der Waals surface area contributed by atoms with Gasteiger partial charge in [-0.1, -0.05) is 0 Å². The largest absolute Gasteiger partial charge is 0.333 e. The van der Waals surface area contributed by atoms with Gasteiger partial charge in [0.05, 0.1) is 16.7 Å². The molecule has 0 aromatic carbocycles. The van der Waals surface area contributed by atoms with Gasteiger partial charge in [0.15, 0.2) is 5.69 Å². The van der Waals surface area contributed by atoms with Gasteiger partial charge in [-0.2, -0.15) is 10.2 Å². The van der Waals surface area contributed by atoms with E-state index in [0.717, 1.165) is 10.2 Å².